The van der Waals surface area contributed by atoms with Crippen LogP contribution in [0.4, 0.5) is 5.69 Å². The van der Waals surface area contributed by atoms with Gasteiger partial charge in [-0.3, -0.25) is 19.7 Å². The second-order valence-electron chi connectivity index (χ2n) is 5.90. The van der Waals surface area contributed by atoms with Crippen molar-refractivity contribution in [2.24, 2.45) is 0 Å². The van der Waals surface area contributed by atoms with Crippen LogP contribution < -0.4 is 0 Å². The third-order valence-electron chi connectivity index (χ3n) is 3.98. The first-order chi connectivity index (χ1) is 12.1. The summed E-state index contributed by atoms with van der Waals surface area (Å²) in [5.74, 6) is -1.50. The van der Waals surface area contributed by atoms with E-state index in [2.05, 4.69) is 4.98 Å². The van der Waals surface area contributed by atoms with Gasteiger partial charge in [0.1, 0.15) is 0 Å². The van der Waals surface area contributed by atoms with E-state index in [0.29, 0.717) is 16.8 Å². The summed E-state index contributed by atoms with van der Waals surface area (Å²) < 4.78 is 5.14. The number of nitro benzene ring substituents is 1. The van der Waals surface area contributed by atoms with Gasteiger partial charge in [0.25, 0.3) is 5.69 Å². The van der Waals surface area contributed by atoms with E-state index >= 15 is 0 Å². The van der Waals surface area contributed by atoms with Crippen molar-refractivity contribution in [1.82, 2.24) is 4.98 Å². The van der Waals surface area contributed by atoms with Crippen molar-refractivity contribution >= 4 is 23.2 Å². The average Bonchev–Trinajstić information content (AvgIpc) is 2.88. The molecule has 0 aliphatic rings. The Hall–Kier alpha value is -3.29. The fraction of sp³-hybridized carbons (Fsp3) is 0.278. The molecular weight excluding hydrogens is 340 g/mol. The SMILES string of the molecule is CC(=O)c1c(C)[nH]c(C(=O)[C@@H](C)OC(=O)c2cccc([N+](=O)[O-])c2)c1C. The van der Waals surface area contributed by atoms with Crippen LogP contribution >= 0.6 is 0 Å². The summed E-state index contributed by atoms with van der Waals surface area (Å²) in [5.41, 5.74) is 1.43. The van der Waals surface area contributed by atoms with Crippen molar-refractivity contribution in [3.8, 4) is 0 Å². The molecule has 0 fully saturated rings. The number of esters is 1. The lowest BCUT2D eigenvalue weighted by Crippen LogP contribution is -2.25. The molecule has 8 nitrogen and oxygen atoms in total. The Labute approximate surface area is 149 Å². The van der Waals surface area contributed by atoms with E-state index in [1.165, 1.54) is 32.0 Å². The van der Waals surface area contributed by atoms with Crippen molar-refractivity contribution in [2.45, 2.75) is 33.8 Å². The summed E-state index contributed by atoms with van der Waals surface area (Å²) in [6, 6.07) is 5.06. The molecule has 1 heterocycles. The highest BCUT2D eigenvalue weighted by Gasteiger charge is 2.26. The van der Waals surface area contributed by atoms with Crippen molar-refractivity contribution in [1.29, 1.82) is 0 Å². The minimum absolute atomic E-state index is 0.0253. The zero-order valence-electron chi connectivity index (χ0n) is 14.8. The second kappa shape index (κ2) is 7.30. The number of ether oxygens (including phenoxy) is 1. The molecule has 2 rings (SSSR count). The van der Waals surface area contributed by atoms with Gasteiger partial charge >= 0.3 is 5.97 Å². The highest BCUT2D eigenvalue weighted by molar-refractivity contribution is 6.05. The van der Waals surface area contributed by atoms with Gasteiger partial charge in [-0.15, -0.1) is 0 Å². The predicted octanol–water partition coefficient (Wildman–Crippen LogP) is 3.17. The van der Waals surface area contributed by atoms with E-state index in [9.17, 15) is 24.5 Å². The Balaban J connectivity index is 2.21. The number of carbonyl (C=O) groups excluding carboxylic acids is 3. The van der Waals surface area contributed by atoms with Crippen LogP contribution in [0.15, 0.2) is 24.3 Å². The molecule has 0 unspecified atom stereocenters. The number of aryl methyl sites for hydroxylation is 1. The molecule has 0 bridgehead atoms. The zero-order valence-corrected chi connectivity index (χ0v) is 14.8. The molecule has 0 saturated carbocycles. The van der Waals surface area contributed by atoms with Gasteiger partial charge in [0.05, 0.1) is 16.2 Å². The lowest BCUT2D eigenvalue weighted by atomic mass is 10.0. The normalized spacial score (nSPS) is 11.7. The molecule has 0 amide bonds. The lowest BCUT2D eigenvalue weighted by molar-refractivity contribution is -0.384. The minimum Gasteiger partial charge on any atom is -0.451 e. The fourth-order valence-electron chi connectivity index (χ4n) is 2.76. The van der Waals surface area contributed by atoms with Crippen LogP contribution in [0.3, 0.4) is 0 Å². The summed E-state index contributed by atoms with van der Waals surface area (Å²) in [4.78, 5) is 49.4. The monoisotopic (exact) mass is 358 g/mol. The fourth-order valence-corrected chi connectivity index (χ4v) is 2.76. The summed E-state index contributed by atoms with van der Waals surface area (Å²) in [6.45, 7) is 6.13. The number of hydrogen-bond donors (Lipinski definition) is 1. The maximum atomic E-state index is 12.6. The maximum Gasteiger partial charge on any atom is 0.339 e. The van der Waals surface area contributed by atoms with Gasteiger partial charge in [-0.05, 0) is 39.3 Å². The number of nitro groups is 1. The van der Waals surface area contributed by atoms with Crippen LogP contribution in [0.2, 0.25) is 0 Å². The second-order valence-corrected chi connectivity index (χ2v) is 5.90. The molecule has 1 aromatic heterocycles. The molecule has 1 N–H and O–H groups in total. The first-order valence-electron chi connectivity index (χ1n) is 7.83. The van der Waals surface area contributed by atoms with E-state index in [1.54, 1.807) is 13.8 Å². The quantitative estimate of drug-likeness (QED) is 0.366. The summed E-state index contributed by atoms with van der Waals surface area (Å²) >= 11 is 0. The van der Waals surface area contributed by atoms with Crippen LogP contribution in [0, 0.1) is 24.0 Å². The number of benzene rings is 1. The third-order valence-corrected chi connectivity index (χ3v) is 3.98. The number of Topliss-reactive ketones (excluding diaryl/α,β-unsaturated/α-hetero) is 2. The number of ketones is 2. The van der Waals surface area contributed by atoms with E-state index in [-0.39, 0.29) is 22.7 Å². The number of carbonyl (C=O) groups is 3. The Bertz CT molecular complexity index is 912. The van der Waals surface area contributed by atoms with Crippen molar-refractivity contribution in [2.75, 3.05) is 0 Å². The maximum absolute atomic E-state index is 12.6. The number of H-pyrrole nitrogens is 1. The molecule has 136 valence electrons. The van der Waals surface area contributed by atoms with Crippen molar-refractivity contribution < 1.29 is 24.0 Å². The Morgan fingerprint density at radius 1 is 1.23 bits per heavy atom. The number of nitrogens with zero attached hydrogens (tertiary/aromatic N) is 1. The minimum atomic E-state index is -1.13. The number of non-ortho nitro benzene ring substituents is 1. The van der Waals surface area contributed by atoms with Crippen LogP contribution in [0.25, 0.3) is 0 Å². The third kappa shape index (κ3) is 3.69. The molecule has 26 heavy (non-hydrogen) atoms. The molecule has 0 saturated heterocycles. The molecule has 0 aliphatic heterocycles. The van der Waals surface area contributed by atoms with E-state index in [4.69, 9.17) is 4.74 Å². The molecule has 0 aliphatic carbocycles. The van der Waals surface area contributed by atoms with Gasteiger partial charge in [0.2, 0.25) is 5.78 Å². The van der Waals surface area contributed by atoms with Crippen molar-refractivity contribution in [3.63, 3.8) is 0 Å². The molecule has 0 radical (unpaired) electrons. The highest BCUT2D eigenvalue weighted by atomic mass is 16.6. The summed E-state index contributed by atoms with van der Waals surface area (Å²) in [5, 5.41) is 10.8. The van der Waals surface area contributed by atoms with E-state index in [1.807, 2.05) is 0 Å². The smallest absolute Gasteiger partial charge is 0.339 e. The lowest BCUT2D eigenvalue weighted by Gasteiger charge is -2.12. The number of aromatic amines is 1. The van der Waals surface area contributed by atoms with Crippen molar-refractivity contribution in [3.05, 3.63) is 62.5 Å². The average molecular weight is 358 g/mol. The van der Waals surface area contributed by atoms with Gasteiger partial charge in [-0.2, -0.15) is 0 Å². The van der Waals surface area contributed by atoms with Gasteiger partial charge in [-0.1, -0.05) is 6.07 Å². The van der Waals surface area contributed by atoms with E-state index in [0.717, 1.165) is 6.07 Å². The van der Waals surface area contributed by atoms with Crippen LogP contribution in [-0.4, -0.2) is 33.5 Å². The molecule has 1 aromatic carbocycles. The Kier molecular flexibility index (Phi) is 5.35. The molecule has 8 heteroatoms. The Morgan fingerprint density at radius 3 is 2.42 bits per heavy atom. The zero-order chi connectivity index (χ0) is 19.6. The van der Waals surface area contributed by atoms with Gasteiger partial charge < -0.3 is 9.72 Å². The number of nitrogens with one attached hydrogen (secondary N) is 1. The van der Waals surface area contributed by atoms with E-state index < -0.39 is 22.8 Å². The first-order valence-corrected chi connectivity index (χ1v) is 7.83. The first kappa shape index (κ1) is 19.0. The summed E-state index contributed by atoms with van der Waals surface area (Å²) in [6.07, 6.45) is -1.13. The van der Waals surface area contributed by atoms with Gasteiger partial charge in [-0.25, -0.2) is 4.79 Å². The van der Waals surface area contributed by atoms with Gasteiger partial charge in [0.15, 0.2) is 11.9 Å². The molecule has 1 atom stereocenters. The van der Waals surface area contributed by atoms with Crippen LogP contribution in [0.5, 0.6) is 0 Å². The number of rotatable bonds is 6. The predicted molar refractivity (Wildman–Crippen MR) is 92.6 cm³/mol. The standard InChI is InChI=1S/C18H18N2O6/c1-9-15(11(3)21)10(2)19-16(9)17(22)12(4)26-18(23)13-6-5-7-14(8-13)20(24)25/h5-8,12,19H,1-4H3/t12-/m1/s1. The number of aromatic nitrogens is 1. The Morgan fingerprint density at radius 2 is 1.88 bits per heavy atom. The molecule has 2 aromatic rings. The molecule has 0 spiro atoms. The number of hydrogen-bond acceptors (Lipinski definition) is 6. The topological polar surface area (TPSA) is 119 Å². The largest absolute Gasteiger partial charge is 0.451 e. The molecular formula is C18H18N2O6. The summed E-state index contributed by atoms with van der Waals surface area (Å²) in [7, 11) is 0. The van der Waals surface area contributed by atoms with Crippen LogP contribution in [0.1, 0.15) is 56.3 Å². The highest BCUT2D eigenvalue weighted by Crippen LogP contribution is 2.21. The van der Waals surface area contributed by atoms with Gasteiger partial charge in [0, 0.05) is 23.4 Å². The van der Waals surface area contributed by atoms with Crippen LogP contribution in [-0.2, 0) is 4.74 Å².